The quantitative estimate of drug-likeness (QED) is 0.730. The van der Waals surface area contributed by atoms with E-state index in [9.17, 15) is 0 Å². The summed E-state index contributed by atoms with van der Waals surface area (Å²) in [5.74, 6) is 0.0227. The highest BCUT2D eigenvalue weighted by atomic mass is 35.5. The molecule has 0 fully saturated rings. The van der Waals surface area contributed by atoms with E-state index in [2.05, 4.69) is 0 Å². The van der Waals surface area contributed by atoms with Gasteiger partial charge in [0.15, 0.2) is 0 Å². The molecule has 2 aromatic carbocycles. The van der Waals surface area contributed by atoms with Crippen LogP contribution in [-0.4, -0.2) is 24.0 Å². The molecule has 0 aliphatic rings. The van der Waals surface area contributed by atoms with Gasteiger partial charge in [0.2, 0.25) is 0 Å². The summed E-state index contributed by atoms with van der Waals surface area (Å²) in [5.41, 5.74) is 2.24. The maximum atomic E-state index is 5.96. The summed E-state index contributed by atoms with van der Waals surface area (Å²) in [5, 5.41) is 1.44. The van der Waals surface area contributed by atoms with Gasteiger partial charge in [-0.1, -0.05) is 59.7 Å². The molecule has 2 aromatic rings. The predicted molar refractivity (Wildman–Crippen MR) is 91.0 cm³/mol. The van der Waals surface area contributed by atoms with Crippen LogP contribution in [0.4, 0.5) is 0 Å². The van der Waals surface area contributed by atoms with Gasteiger partial charge in [0.1, 0.15) is 0 Å². The zero-order valence-corrected chi connectivity index (χ0v) is 13.6. The molecular formula is C16H15Cl2NS. The van der Waals surface area contributed by atoms with Crippen LogP contribution in [0.2, 0.25) is 10.0 Å². The van der Waals surface area contributed by atoms with E-state index in [4.69, 9.17) is 35.4 Å². The molecule has 0 atom stereocenters. The Balaban J connectivity index is 2.47. The van der Waals surface area contributed by atoms with Crippen molar-refractivity contribution in [2.24, 2.45) is 0 Å². The molecule has 0 unspecified atom stereocenters. The van der Waals surface area contributed by atoms with Crippen molar-refractivity contribution < 1.29 is 0 Å². The van der Waals surface area contributed by atoms with Crippen LogP contribution in [0.25, 0.3) is 0 Å². The minimum absolute atomic E-state index is 0.0227. The molecule has 0 saturated carbocycles. The molecule has 1 nitrogen and oxygen atoms in total. The second-order valence-electron chi connectivity index (χ2n) is 4.77. The minimum Gasteiger partial charge on any atom is -0.372 e. The fraction of sp³-hybridized carbons (Fsp3) is 0.188. The van der Waals surface area contributed by atoms with E-state index in [1.165, 1.54) is 0 Å². The van der Waals surface area contributed by atoms with Crippen molar-refractivity contribution in [3.63, 3.8) is 0 Å². The molecule has 4 heteroatoms. The number of benzene rings is 2. The van der Waals surface area contributed by atoms with Gasteiger partial charge in [-0.2, -0.15) is 0 Å². The Morgan fingerprint density at radius 3 is 1.50 bits per heavy atom. The van der Waals surface area contributed by atoms with Crippen LogP contribution in [0.5, 0.6) is 0 Å². The number of thiocarbonyl (C=S) groups is 1. The van der Waals surface area contributed by atoms with Crippen molar-refractivity contribution in [3.05, 3.63) is 69.7 Å². The van der Waals surface area contributed by atoms with E-state index in [0.717, 1.165) is 26.2 Å². The summed E-state index contributed by atoms with van der Waals surface area (Å²) in [7, 11) is 3.92. The largest absolute Gasteiger partial charge is 0.372 e. The van der Waals surface area contributed by atoms with E-state index in [1.807, 2.05) is 67.5 Å². The number of halogens is 2. The molecule has 0 spiro atoms. The van der Waals surface area contributed by atoms with Gasteiger partial charge in [0.25, 0.3) is 0 Å². The lowest BCUT2D eigenvalue weighted by Crippen LogP contribution is -2.27. The average molecular weight is 324 g/mol. The van der Waals surface area contributed by atoms with Crippen LogP contribution < -0.4 is 0 Å². The van der Waals surface area contributed by atoms with Gasteiger partial charge in [-0.15, -0.1) is 0 Å². The van der Waals surface area contributed by atoms with Crippen LogP contribution in [0, 0.1) is 0 Å². The number of hydrogen-bond acceptors (Lipinski definition) is 1. The van der Waals surface area contributed by atoms with Crippen LogP contribution in [0.1, 0.15) is 17.0 Å². The Kier molecular flexibility index (Phi) is 5.03. The van der Waals surface area contributed by atoms with Crippen LogP contribution in [-0.2, 0) is 0 Å². The fourth-order valence-corrected chi connectivity index (χ4v) is 2.57. The topological polar surface area (TPSA) is 3.24 Å². The van der Waals surface area contributed by atoms with Gasteiger partial charge in [0, 0.05) is 24.1 Å². The fourth-order valence-electron chi connectivity index (χ4n) is 2.05. The zero-order chi connectivity index (χ0) is 14.7. The third kappa shape index (κ3) is 3.51. The zero-order valence-electron chi connectivity index (χ0n) is 11.3. The molecule has 2 rings (SSSR count). The number of nitrogens with zero attached hydrogens (tertiary/aromatic N) is 1. The monoisotopic (exact) mass is 323 g/mol. The maximum Gasteiger partial charge on any atom is 0.0894 e. The van der Waals surface area contributed by atoms with Gasteiger partial charge in [0.05, 0.1) is 10.9 Å². The van der Waals surface area contributed by atoms with Crippen LogP contribution in [0.15, 0.2) is 48.5 Å². The first-order chi connectivity index (χ1) is 9.49. The third-order valence-electron chi connectivity index (χ3n) is 3.09. The summed E-state index contributed by atoms with van der Waals surface area (Å²) in [6.07, 6.45) is 0. The molecule has 0 heterocycles. The van der Waals surface area contributed by atoms with E-state index in [0.29, 0.717) is 0 Å². The van der Waals surface area contributed by atoms with Crippen molar-refractivity contribution in [1.82, 2.24) is 4.90 Å². The molecular weight excluding hydrogens is 309 g/mol. The normalized spacial score (nSPS) is 10.7. The number of hydrogen-bond donors (Lipinski definition) is 0. The highest BCUT2D eigenvalue weighted by molar-refractivity contribution is 7.80. The van der Waals surface area contributed by atoms with Crippen LogP contribution >= 0.6 is 35.4 Å². The van der Waals surface area contributed by atoms with E-state index >= 15 is 0 Å². The molecule has 0 bridgehead atoms. The standard InChI is InChI=1S/C16H15Cl2NS/c1-19(2)16(20)15(11-3-7-13(17)8-4-11)12-5-9-14(18)10-6-12/h3-10,15H,1-2H3. The Morgan fingerprint density at radius 1 is 0.850 bits per heavy atom. The lowest BCUT2D eigenvalue weighted by atomic mass is 9.91. The summed E-state index contributed by atoms with van der Waals surface area (Å²) in [4.78, 5) is 2.82. The van der Waals surface area contributed by atoms with Crippen molar-refractivity contribution in [2.45, 2.75) is 5.92 Å². The molecule has 0 aliphatic carbocycles. The van der Waals surface area contributed by atoms with Gasteiger partial charge in [-0.3, -0.25) is 0 Å². The Hall–Kier alpha value is -1.09. The third-order valence-corrected chi connectivity index (χ3v) is 4.20. The van der Waals surface area contributed by atoms with E-state index in [-0.39, 0.29) is 5.92 Å². The number of rotatable bonds is 3. The van der Waals surface area contributed by atoms with Crippen molar-refractivity contribution in [3.8, 4) is 0 Å². The van der Waals surface area contributed by atoms with Crippen molar-refractivity contribution in [1.29, 1.82) is 0 Å². The van der Waals surface area contributed by atoms with Gasteiger partial charge in [-0.25, -0.2) is 0 Å². The molecule has 0 amide bonds. The summed E-state index contributed by atoms with van der Waals surface area (Å²) >= 11 is 17.5. The molecule has 20 heavy (non-hydrogen) atoms. The highest BCUT2D eigenvalue weighted by Gasteiger charge is 2.20. The van der Waals surface area contributed by atoms with E-state index in [1.54, 1.807) is 0 Å². The molecule has 0 saturated heterocycles. The van der Waals surface area contributed by atoms with Gasteiger partial charge >= 0.3 is 0 Å². The molecule has 0 aliphatic heterocycles. The molecule has 0 radical (unpaired) electrons. The molecule has 0 N–H and O–H groups in total. The Morgan fingerprint density at radius 2 is 1.20 bits per heavy atom. The number of likely N-dealkylation sites (N-methyl/N-ethyl adjacent to an activating group) is 1. The van der Waals surface area contributed by atoms with E-state index < -0.39 is 0 Å². The van der Waals surface area contributed by atoms with Gasteiger partial charge in [-0.05, 0) is 35.4 Å². The summed E-state index contributed by atoms with van der Waals surface area (Å²) in [6.45, 7) is 0. The Labute approximate surface area is 135 Å². The first-order valence-corrected chi connectivity index (χ1v) is 7.37. The first kappa shape index (κ1) is 15.3. The second-order valence-corrected chi connectivity index (χ2v) is 6.06. The summed E-state index contributed by atoms with van der Waals surface area (Å²) in [6, 6.07) is 15.6. The maximum absolute atomic E-state index is 5.96. The second kappa shape index (κ2) is 6.57. The van der Waals surface area contributed by atoms with Crippen molar-refractivity contribution >= 4 is 40.4 Å². The minimum atomic E-state index is 0.0227. The average Bonchev–Trinajstić information content (AvgIpc) is 2.43. The first-order valence-electron chi connectivity index (χ1n) is 6.21. The SMILES string of the molecule is CN(C)C(=S)C(c1ccc(Cl)cc1)c1ccc(Cl)cc1. The van der Waals surface area contributed by atoms with Crippen LogP contribution in [0.3, 0.4) is 0 Å². The Bertz CT molecular complexity index is 545. The predicted octanol–water partition coefficient (Wildman–Crippen LogP) is 5.01. The smallest absolute Gasteiger partial charge is 0.0894 e. The molecule has 104 valence electrons. The highest BCUT2D eigenvalue weighted by Crippen LogP contribution is 2.29. The van der Waals surface area contributed by atoms with Crippen molar-refractivity contribution in [2.75, 3.05) is 14.1 Å². The summed E-state index contributed by atoms with van der Waals surface area (Å²) < 4.78 is 0. The lowest BCUT2D eigenvalue weighted by molar-refractivity contribution is 0.614. The molecule has 0 aromatic heterocycles. The lowest BCUT2D eigenvalue weighted by Gasteiger charge is -2.24. The van der Waals surface area contributed by atoms with Gasteiger partial charge < -0.3 is 4.90 Å².